The van der Waals surface area contributed by atoms with Gasteiger partial charge in [-0.1, -0.05) is 36.4 Å². The molecule has 0 aliphatic rings. The molecule has 1 atom stereocenters. The van der Waals surface area contributed by atoms with Crippen LogP contribution in [0.5, 0.6) is 0 Å². The molecule has 0 spiro atoms. The average molecular weight is 268 g/mol. The molecule has 0 aromatic heterocycles. The lowest BCUT2D eigenvalue weighted by molar-refractivity contribution is 0.790. The van der Waals surface area contributed by atoms with E-state index in [9.17, 15) is 0 Å². The first-order valence-electron chi connectivity index (χ1n) is 7.14. The number of nitrogens with zero attached hydrogens (tertiary/aromatic N) is 1. The molecule has 2 nitrogen and oxygen atoms in total. The Hall–Kier alpha value is -1.96. The molecule has 2 heteroatoms. The van der Waals surface area contributed by atoms with Gasteiger partial charge in [0, 0.05) is 31.5 Å². The molecule has 0 radical (unpaired) electrons. The molecule has 0 saturated carbocycles. The van der Waals surface area contributed by atoms with Gasteiger partial charge in [0.05, 0.1) is 0 Å². The van der Waals surface area contributed by atoms with Gasteiger partial charge in [-0.15, -0.1) is 0 Å². The van der Waals surface area contributed by atoms with E-state index in [4.69, 9.17) is 0 Å². The van der Waals surface area contributed by atoms with Crippen molar-refractivity contribution in [2.24, 2.45) is 0 Å². The van der Waals surface area contributed by atoms with E-state index in [-0.39, 0.29) is 0 Å². The molecule has 0 aliphatic carbocycles. The molecule has 0 saturated heterocycles. The summed E-state index contributed by atoms with van der Waals surface area (Å²) < 4.78 is 0. The number of hydrogen-bond acceptors (Lipinski definition) is 2. The van der Waals surface area contributed by atoms with Crippen LogP contribution >= 0.6 is 0 Å². The van der Waals surface area contributed by atoms with Crippen molar-refractivity contribution in [3.63, 3.8) is 0 Å². The molecule has 0 bridgehead atoms. The minimum atomic E-state index is 0.412. The van der Waals surface area contributed by atoms with Crippen molar-refractivity contribution in [2.45, 2.75) is 26.3 Å². The zero-order chi connectivity index (χ0) is 14.5. The molecule has 106 valence electrons. The minimum Gasteiger partial charge on any atom is -0.382 e. The third-order valence-corrected chi connectivity index (χ3v) is 3.49. The molecule has 0 heterocycles. The summed E-state index contributed by atoms with van der Waals surface area (Å²) >= 11 is 0. The highest BCUT2D eigenvalue weighted by molar-refractivity contribution is 5.62. The summed E-state index contributed by atoms with van der Waals surface area (Å²) in [6.45, 7) is 4.37. The van der Waals surface area contributed by atoms with E-state index in [2.05, 4.69) is 86.7 Å². The highest BCUT2D eigenvalue weighted by Gasteiger charge is 2.06. The van der Waals surface area contributed by atoms with Crippen LogP contribution in [0.25, 0.3) is 0 Å². The number of hydrogen-bond donors (Lipinski definition) is 1. The summed E-state index contributed by atoms with van der Waals surface area (Å²) in [6.07, 6.45) is 1.03. The molecule has 0 aliphatic heterocycles. The summed E-state index contributed by atoms with van der Waals surface area (Å²) in [6, 6.07) is 17.6. The molecule has 1 N–H and O–H groups in total. The predicted octanol–water partition coefficient (Wildman–Crippen LogP) is 4.10. The smallest absolute Gasteiger partial charge is 0.0411 e. The largest absolute Gasteiger partial charge is 0.382 e. The SMILES string of the molecule is Cc1ccc(NC(C)Cc2ccccc2)cc1N(C)C. The maximum absolute atomic E-state index is 3.59. The summed E-state index contributed by atoms with van der Waals surface area (Å²) in [5.41, 5.74) is 5.12. The van der Waals surface area contributed by atoms with E-state index in [0.29, 0.717) is 6.04 Å². The summed E-state index contributed by atoms with van der Waals surface area (Å²) in [5.74, 6) is 0. The maximum atomic E-state index is 3.59. The zero-order valence-electron chi connectivity index (χ0n) is 12.9. The van der Waals surface area contributed by atoms with E-state index >= 15 is 0 Å². The Balaban J connectivity index is 2.04. The Morgan fingerprint density at radius 2 is 1.75 bits per heavy atom. The van der Waals surface area contributed by atoms with Crippen molar-refractivity contribution in [1.82, 2.24) is 0 Å². The van der Waals surface area contributed by atoms with Crippen molar-refractivity contribution < 1.29 is 0 Å². The molecule has 1 unspecified atom stereocenters. The highest BCUT2D eigenvalue weighted by Crippen LogP contribution is 2.23. The quantitative estimate of drug-likeness (QED) is 0.878. The number of aryl methyl sites for hydroxylation is 1. The van der Waals surface area contributed by atoms with Gasteiger partial charge in [0.1, 0.15) is 0 Å². The first-order valence-corrected chi connectivity index (χ1v) is 7.14. The molecule has 0 fully saturated rings. The second kappa shape index (κ2) is 6.47. The Bertz CT molecular complexity index is 547. The van der Waals surface area contributed by atoms with Gasteiger partial charge >= 0.3 is 0 Å². The van der Waals surface area contributed by atoms with Crippen LogP contribution < -0.4 is 10.2 Å². The van der Waals surface area contributed by atoms with Gasteiger partial charge in [-0.05, 0) is 43.5 Å². The Morgan fingerprint density at radius 1 is 1.05 bits per heavy atom. The van der Waals surface area contributed by atoms with E-state index in [1.807, 2.05) is 0 Å². The summed E-state index contributed by atoms with van der Waals surface area (Å²) in [4.78, 5) is 2.16. The summed E-state index contributed by atoms with van der Waals surface area (Å²) in [7, 11) is 4.17. The standard InChI is InChI=1S/C18H24N2/c1-14-10-11-17(13-18(14)20(3)4)19-15(2)12-16-8-6-5-7-9-16/h5-11,13,15,19H,12H2,1-4H3. The van der Waals surface area contributed by atoms with Crippen molar-refractivity contribution in [2.75, 3.05) is 24.3 Å². The van der Waals surface area contributed by atoms with Crippen molar-refractivity contribution in [3.05, 3.63) is 59.7 Å². The van der Waals surface area contributed by atoms with Crippen LogP contribution in [0.15, 0.2) is 48.5 Å². The van der Waals surface area contributed by atoms with Crippen molar-refractivity contribution in [1.29, 1.82) is 0 Å². The second-order valence-electron chi connectivity index (χ2n) is 5.63. The minimum absolute atomic E-state index is 0.412. The van der Waals surface area contributed by atoms with Crippen LogP contribution in [0.2, 0.25) is 0 Å². The van der Waals surface area contributed by atoms with Crippen LogP contribution in [0.3, 0.4) is 0 Å². The van der Waals surface area contributed by atoms with E-state index in [1.54, 1.807) is 0 Å². The normalized spacial score (nSPS) is 12.0. The Kier molecular flexibility index (Phi) is 4.67. The number of anilines is 2. The van der Waals surface area contributed by atoms with Crippen LogP contribution in [-0.4, -0.2) is 20.1 Å². The molecular weight excluding hydrogens is 244 g/mol. The lowest BCUT2D eigenvalue weighted by Crippen LogP contribution is -2.18. The van der Waals surface area contributed by atoms with Crippen LogP contribution in [-0.2, 0) is 6.42 Å². The number of nitrogens with one attached hydrogen (secondary N) is 1. The monoisotopic (exact) mass is 268 g/mol. The highest BCUT2D eigenvalue weighted by atomic mass is 15.1. The fourth-order valence-corrected chi connectivity index (χ4v) is 2.48. The molecule has 2 aromatic carbocycles. The molecular formula is C18H24N2. The van der Waals surface area contributed by atoms with Crippen LogP contribution in [0, 0.1) is 6.92 Å². The van der Waals surface area contributed by atoms with Gasteiger partial charge < -0.3 is 10.2 Å². The van der Waals surface area contributed by atoms with Gasteiger partial charge in [-0.2, -0.15) is 0 Å². The van der Waals surface area contributed by atoms with Gasteiger partial charge in [0.25, 0.3) is 0 Å². The van der Waals surface area contributed by atoms with E-state index in [0.717, 1.165) is 6.42 Å². The lowest BCUT2D eigenvalue weighted by atomic mass is 10.1. The summed E-state index contributed by atoms with van der Waals surface area (Å²) in [5, 5.41) is 3.59. The molecule has 2 aromatic rings. The second-order valence-corrected chi connectivity index (χ2v) is 5.63. The fraction of sp³-hybridized carbons (Fsp3) is 0.333. The topological polar surface area (TPSA) is 15.3 Å². The fourth-order valence-electron chi connectivity index (χ4n) is 2.48. The molecule has 2 rings (SSSR count). The third kappa shape index (κ3) is 3.77. The lowest BCUT2D eigenvalue weighted by Gasteiger charge is -2.20. The first-order chi connectivity index (χ1) is 9.56. The average Bonchev–Trinajstić information content (AvgIpc) is 2.41. The van der Waals surface area contributed by atoms with Crippen molar-refractivity contribution >= 4 is 11.4 Å². The first kappa shape index (κ1) is 14.4. The van der Waals surface area contributed by atoms with Gasteiger partial charge in [0.15, 0.2) is 0 Å². The third-order valence-electron chi connectivity index (χ3n) is 3.49. The van der Waals surface area contributed by atoms with Crippen LogP contribution in [0.1, 0.15) is 18.1 Å². The van der Waals surface area contributed by atoms with E-state index < -0.39 is 0 Å². The predicted molar refractivity (Wildman–Crippen MR) is 88.7 cm³/mol. The van der Waals surface area contributed by atoms with Gasteiger partial charge in [-0.25, -0.2) is 0 Å². The Labute approximate surface area is 122 Å². The zero-order valence-corrected chi connectivity index (χ0v) is 12.9. The van der Waals surface area contributed by atoms with Gasteiger partial charge in [0.2, 0.25) is 0 Å². The Morgan fingerprint density at radius 3 is 2.40 bits per heavy atom. The van der Waals surface area contributed by atoms with Gasteiger partial charge in [-0.3, -0.25) is 0 Å². The van der Waals surface area contributed by atoms with Crippen molar-refractivity contribution in [3.8, 4) is 0 Å². The van der Waals surface area contributed by atoms with E-state index in [1.165, 1.54) is 22.5 Å². The number of benzene rings is 2. The molecule has 20 heavy (non-hydrogen) atoms. The maximum Gasteiger partial charge on any atom is 0.0411 e. The van der Waals surface area contributed by atoms with Crippen LogP contribution in [0.4, 0.5) is 11.4 Å². The molecule has 0 amide bonds. The number of rotatable bonds is 5.